The summed E-state index contributed by atoms with van der Waals surface area (Å²) in [6, 6.07) is 13.7. The number of carbonyl (C=O) groups is 1. The molecule has 0 atom stereocenters. The highest BCUT2D eigenvalue weighted by Gasteiger charge is 2.18. The van der Waals surface area contributed by atoms with Crippen molar-refractivity contribution in [2.75, 3.05) is 19.6 Å². The SMILES string of the molecule is COc1ccc(C(=O)N(C#N)Nc2ccccc2)cc1OC. The zero-order valence-electron chi connectivity index (χ0n) is 12.2. The van der Waals surface area contributed by atoms with Crippen LogP contribution in [0.4, 0.5) is 5.69 Å². The molecule has 0 spiro atoms. The van der Waals surface area contributed by atoms with Crippen LogP contribution in [0.5, 0.6) is 11.5 Å². The lowest BCUT2D eigenvalue weighted by atomic mass is 10.2. The van der Waals surface area contributed by atoms with E-state index in [0.717, 1.165) is 5.01 Å². The number of nitrogens with zero attached hydrogens (tertiary/aromatic N) is 2. The highest BCUT2D eigenvalue weighted by atomic mass is 16.5. The summed E-state index contributed by atoms with van der Waals surface area (Å²) >= 11 is 0. The van der Waals surface area contributed by atoms with Crippen LogP contribution in [0.1, 0.15) is 10.4 Å². The van der Waals surface area contributed by atoms with Gasteiger partial charge in [0.25, 0.3) is 5.91 Å². The van der Waals surface area contributed by atoms with E-state index in [-0.39, 0.29) is 0 Å². The standard InChI is InChI=1S/C16H15N3O3/c1-21-14-9-8-12(10-15(14)22-2)16(20)19(11-17)18-13-6-4-3-5-7-13/h3-10,18H,1-2H3. The van der Waals surface area contributed by atoms with Gasteiger partial charge in [0.05, 0.1) is 19.9 Å². The first-order valence-corrected chi connectivity index (χ1v) is 6.47. The predicted molar refractivity (Wildman–Crippen MR) is 81.4 cm³/mol. The van der Waals surface area contributed by atoms with Gasteiger partial charge in [0.15, 0.2) is 11.5 Å². The van der Waals surface area contributed by atoms with Crippen molar-refractivity contribution >= 4 is 11.6 Å². The lowest BCUT2D eigenvalue weighted by Crippen LogP contribution is -2.31. The highest BCUT2D eigenvalue weighted by Crippen LogP contribution is 2.28. The number of hydrogen-bond donors (Lipinski definition) is 1. The molecule has 0 saturated carbocycles. The van der Waals surface area contributed by atoms with Crippen LogP contribution in [0.3, 0.4) is 0 Å². The molecule has 0 saturated heterocycles. The number of benzene rings is 2. The molecular weight excluding hydrogens is 282 g/mol. The Balaban J connectivity index is 2.24. The number of carbonyl (C=O) groups excluding carboxylic acids is 1. The van der Waals surface area contributed by atoms with Crippen LogP contribution in [-0.2, 0) is 0 Å². The summed E-state index contributed by atoms with van der Waals surface area (Å²) in [7, 11) is 2.99. The number of ether oxygens (including phenoxy) is 2. The van der Waals surface area contributed by atoms with Crippen molar-refractivity contribution in [1.29, 1.82) is 5.26 Å². The highest BCUT2D eigenvalue weighted by molar-refractivity contribution is 5.96. The molecule has 0 unspecified atom stereocenters. The van der Waals surface area contributed by atoms with Crippen LogP contribution in [0.2, 0.25) is 0 Å². The van der Waals surface area contributed by atoms with Crippen LogP contribution in [0.15, 0.2) is 48.5 Å². The molecule has 112 valence electrons. The summed E-state index contributed by atoms with van der Waals surface area (Å²) in [5.41, 5.74) is 3.69. The second-order valence-electron chi connectivity index (χ2n) is 4.29. The molecular formula is C16H15N3O3. The maximum absolute atomic E-state index is 12.4. The quantitative estimate of drug-likeness (QED) is 0.521. The molecule has 2 aromatic carbocycles. The molecule has 0 aliphatic heterocycles. The number of para-hydroxylation sites is 1. The molecule has 0 heterocycles. The third-order valence-corrected chi connectivity index (χ3v) is 2.95. The lowest BCUT2D eigenvalue weighted by molar-refractivity contribution is 0.0857. The van der Waals surface area contributed by atoms with E-state index in [1.165, 1.54) is 20.3 Å². The number of nitrogens with one attached hydrogen (secondary N) is 1. The number of nitriles is 1. The van der Waals surface area contributed by atoms with Crippen LogP contribution in [0.25, 0.3) is 0 Å². The topological polar surface area (TPSA) is 74.6 Å². The van der Waals surface area contributed by atoms with Gasteiger partial charge in [0.2, 0.25) is 6.19 Å². The monoisotopic (exact) mass is 297 g/mol. The molecule has 0 fully saturated rings. The van der Waals surface area contributed by atoms with Gasteiger partial charge in [-0.1, -0.05) is 18.2 Å². The van der Waals surface area contributed by atoms with Gasteiger partial charge in [-0.3, -0.25) is 10.2 Å². The predicted octanol–water partition coefficient (Wildman–Crippen LogP) is 2.65. The summed E-state index contributed by atoms with van der Waals surface area (Å²) in [5, 5.41) is 10.0. The Kier molecular flexibility index (Phi) is 4.83. The molecule has 6 nitrogen and oxygen atoms in total. The Morgan fingerprint density at radius 3 is 2.36 bits per heavy atom. The number of methoxy groups -OCH3 is 2. The number of rotatable bonds is 5. The van der Waals surface area contributed by atoms with Crippen molar-refractivity contribution in [2.24, 2.45) is 0 Å². The van der Waals surface area contributed by atoms with Gasteiger partial charge in [0.1, 0.15) is 0 Å². The summed E-state index contributed by atoms with van der Waals surface area (Å²) < 4.78 is 10.3. The van der Waals surface area contributed by atoms with E-state index in [2.05, 4.69) is 5.43 Å². The van der Waals surface area contributed by atoms with Crippen molar-refractivity contribution in [1.82, 2.24) is 5.01 Å². The number of anilines is 1. The molecule has 0 bridgehead atoms. The second-order valence-corrected chi connectivity index (χ2v) is 4.29. The van der Waals surface area contributed by atoms with Crippen LogP contribution in [0, 0.1) is 11.5 Å². The molecule has 2 rings (SSSR count). The van der Waals surface area contributed by atoms with Gasteiger partial charge in [-0.05, 0) is 30.3 Å². The van der Waals surface area contributed by atoms with E-state index in [9.17, 15) is 10.1 Å². The first-order valence-electron chi connectivity index (χ1n) is 6.47. The van der Waals surface area contributed by atoms with E-state index in [1.54, 1.807) is 36.4 Å². The van der Waals surface area contributed by atoms with Gasteiger partial charge in [-0.25, -0.2) is 0 Å². The largest absolute Gasteiger partial charge is 0.493 e. The van der Waals surface area contributed by atoms with Gasteiger partial charge in [-0.15, -0.1) is 0 Å². The van der Waals surface area contributed by atoms with Crippen molar-refractivity contribution in [3.63, 3.8) is 0 Å². The molecule has 6 heteroatoms. The minimum absolute atomic E-state index is 0.308. The fourth-order valence-electron chi connectivity index (χ4n) is 1.86. The van der Waals surface area contributed by atoms with Crippen LogP contribution < -0.4 is 14.9 Å². The average Bonchev–Trinajstić information content (AvgIpc) is 2.59. The zero-order valence-corrected chi connectivity index (χ0v) is 12.2. The molecule has 1 amide bonds. The van der Waals surface area contributed by atoms with Crippen molar-refractivity contribution in [3.8, 4) is 17.7 Å². The fraction of sp³-hybridized carbons (Fsp3) is 0.125. The summed E-state index contributed by atoms with van der Waals surface area (Å²) in [6.07, 6.45) is 1.82. The van der Waals surface area contributed by atoms with E-state index in [0.29, 0.717) is 22.7 Å². The van der Waals surface area contributed by atoms with Gasteiger partial charge in [-0.2, -0.15) is 10.3 Å². The zero-order chi connectivity index (χ0) is 15.9. The van der Waals surface area contributed by atoms with Crippen molar-refractivity contribution in [2.45, 2.75) is 0 Å². The number of hydrogen-bond acceptors (Lipinski definition) is 5. The molecule has 0 aliphatic carbocycles. The molecule has 0 radical (unpaired) electrons. The molecule has 0 aromatic heterocycles. The van der Waals surface area contributed by atoms with E-state index >= 15 is 0 Å². The average molecular weight is 297 g/mol. The summed E-state index contributed by atoms with van der Waals surface area (Å²) in [5.74, 6) is 0.442. The molecule has 2 aromatic rings. The van der Waals surface area contributed by atoms with Gasteiger partial charge >= 0.3 is 0 Å². The van der Waals surface area contributed by atoms with E-state index < -0.39 is 5.91 Å². The fourth-order valence-corrected chi connectivity index (χ4v) is 1.86. The normalized spacial score (nSPS) is 9.50. The Bertz CT molecular complexity index is 696. The maximum Gasteiger partial charge on any atom is 0.286 e. The number of amides is 1. The molecule has 22 heavy (non-hydrogen) atoms. The van der Waals surface area contributed by atoms with Crippen molar-refractivity contribution in [3.05, 3.63) is 54.1 Å². The molecule has 0 aliphatic rings. The third kappa shape index (κ3) is 3.27. The van der Waals surface area contributed by atoms with E-state index in [4.69, 9.17) is 9.47 Å². The smallest absolute Gasteiger partial charge is 0.286 e. The van der Waals surface area contributed by atoms with Gasteiger partial charge < -0.3 is 9.47 Å². The third-order valence-electron chi connectivity index (χ3n) is 2.95. The van der Waals surface area contributed by atoms with Gasteiger partial charge in [0, 0.05) is 5.56 Å². The molecule has 1 N–H and O–H groups in total. The lowest BCUT2D eigenvalue weighted by Gasteiger charge is -2.17. The van der Waals surface area contributed by atoms with Crippen LogP contribution >= 0.6 is 0 Å². The Morgan fingerprint density at radius 1 is 1.09 bits per heavy atom. The summed E-state index contributed by atoms with van der Waals surface area (Å²) in [6.45, 7) is 0. The van der Waals surface area contributed by atoms with Crippen molar-refractivity contribution < 1.29 is 14.3 Å². The maximum atomic E-state index is 12.4. The minimum atomic E-state index is -0.493. The number of hydrazine groups is 1. The Labute approximate surface area is 128 Å². The Hall–Kier alpha value is -3.20. The Morgan fingerprint density at radius 2 is 1.77 bits per heavy atom. The van der Waals surface area contributed by atoms with Crippen LogP contribution in [-0.4, -0.2) is 25.1 Å². The summed E-state index contributed by atoms with van der Waals surface area (Å²) in [4.78, 5) is 12.4. The minimum Gasteiger partial charge on any atom is -0.493 e. The first-order chi connectivity index (χ1) is 10.7. The second kappa shape index (κ2) is 6.99. The van der Waals surface area contributed by atoms with E-state index in [1.807, 2.05) is 12.3 Å². The first kappa shape index (κ1) is 15.2.